The lowest BCUT2D eigenvalue weighted by molar-refractivity contribution is -0.150. The van der Waals surface area contributed by atoms with Gasteiger partial charge < -0.3 is 4.74 Å². The van der Waals surface area contributed by atoms with Gasteiger partial charge in [-0.15, -0.1) is 0 Å². The van der Waals surface area contributed by atoms with Crippen molar-refractivity contribution in [1.82, 2.24) is 0 Å². The minimum absolute atomic E-state index is 0.00579. The van der Waals surface area contributed by atoms with Crippen LogP contribution in [0.25, 0.3) is 0 Å². The Kier molecular flexibility index (Phi) is 5.03. The van der Waals surface area contributed by atoms with Gasteiger partial charge >= 0.3 is 5.97 Å². The van der Waals surface area contributed by atoms with Gasteiger partial charge in [0.15, 0.2) is 0 Å². The van der Waals surface area contributed by atoms with Crippen LogP contribution in [0.5, 0.6) is 0 Å². The van der Waals surface area contributed by atoms with E-state index in [1.807, 2.05) is 6.92 Å². The monoisotopic (exact) mass is 258 g/mol. The van der Waals surface area contributed by atoms with Crippen LogP contribution in [0.1, 0.15) is 32.6 Å². The van der Waals surface area contributed by atoms with Crippen LogP contribution in [0.15, 0.2) is 0 Å². The summed E-state index contributed by atoms with van der Waals surface area (Å²) >= 11 is 3.09. The Hall–Kier alpha value is -0.490. The minimum Gasteiger partial charge on any atom is -0.466 e. The lowest BCUT2D eigenvalue weighted by Gasteiger charge is -2.25. The van der Waals surface area contributed by atoms with Crippen molar-refractivity contribution >= 4 is 21.9 Å². The highest BCUT2D eigenvalue weighted by atomic mass is 79.9. The summed E-state index contributed by atoms with van der Waals surface area (Å²) in [5.74, 6) is 3.14. The molecule has 0 amide bonds. The second-order valence-electron chi connectivity index (χ2n) is 3.49. The molecule has 14 heavy (non-hydrogen) atoms. The van der Waals surface area contributed by atoms with Gasteiger partial charge in [-0.25, -0.2) is 0 Å². The predicted molar refractivity (Wildman–Crippen MR) is 58.8 cm³/mol. The van der Waals surface area contributed by atoms with Gasteiger partial charge in [-0.1, -0.05) is 18.8 Å². The van der Waals surface area contributed by atoms with Crippen LogP contribution in [0.2, 0.25) is 0 Å². The summed E-state index contributed by atoms with van der Waals surface area (Å²) in [4.78, 5) is 14.3. The molecule has 0 aromatic heterocycles. The van der Waals surface area contributed by atoms with E-state index >= 15 is 0 Å². The average molecular weight is 259 g/mol. The van der Waals surface area contributed by atoms with Crippen LogP contribution in [0.4, 0.5) is 0 Å². The molecule has 78 valence electrons. The van der Waals surface area contributed by atoms with E-state index in [-0.39, 0.29) is 17.8 Å². The number of ether oxygens (including phenoxy) is 1. The average Bonchev–Trinajstić information content (AvgIpc) is 2.19. The smallest absolute Gasteiger partial charge is 0.310 e. The van der Waals surface area contributed by atoms with Crippen LogP contribution in [-0.4, -0.2) is 12.6 Å². The van der Waals surface area contributed by atoms with Crippen LogP contribution in [-0.2, 0) is 9.53 Å². The number of hydrogen-bond donors (Lipinski definition) is 0. The largest absolute Gasteiger partial charge is 0.466 e. The molecule has 0 heterocycles. The maximum atomic E-state index is 11.6. The molecule has 1 fully saturated rings. The first kappa shape index (κ1) is 11.6. The Labute approximate surface area is 93.5 Å². The van der Waals surface area contributed by atoms with Gasteiger partial charge in [0.25, 0.3) is 0 Å². The first-order valence-electron chi connectivity index (χ1n) is 5.07. The summed E-state index contributed by atoms with van der Waals surface area (Å²) in [5.41, 5.74) is 0. The highest BCUT2D eigenvalue weighted by Gasteiger charge is 2.30. The SMILES string of the molecule is CCOC(=O)C1CCCCC1C#CBr. The highest BCUT2D eigenvalue weighted by Crippen LogP contribution is 2.30. The van der Waals surface area contributed by atoms with Crippen molar-refractivity contribution in [1.29, 1.82) is 0 Å². The maximum Gasteiger partial charge on any atom is 0.310 e. The molecule has 2 atom stereocenters. The molecule has 0 bridgehead atoms. The maximum absolute atomic E-state index is 11.6. The molecule has 0 spiro atoms. The number of carbonyl (C=O) groups excluding carboxylic acids is 1. The molecule has 1 rings (SSSR count). The normalized spacial score (nSPS) is 26.1. The second kappa shape index (κ2) is 6.08. The zero-order valence-electron chi connectivity index (χ0n) is 8.38. The molecule has 0 radical (unpaired) electrons. The van der Waals surface area contributed by atoms with Gasteiger partial charge in [0.2, 0.25) is 0 Å². The summed E-state index contributed by atoms with van der Waals surface area (Å²) in [6.45, 7) is 2.30. The van der Waals surface area contributed by atoms with Gasteiger partial charge in [0.05, 0.1) is 12.5 Å². The molecule has 1 aliphatic rings. The summed E-state index contributed by atoms with van der Waals surface area (Å²) in [6.07, 6.45) is 4.22. The third-order valence-electron chi connectivity index (χ3n) is 2.60. The van der Waals surface area contributed by atoms with Gasteiger partial charge in [-0.3, -0.25) is 4.79 Å². The number of esters is 1. The fourth-order valence-electron chi connectivity index (χ4n) is 1.91. The van der Waals surface area contributed by atoms with Crippen LogP contribution in [0, 0.1) is 22.6 Å². The van der Waals surface area contributed by atoms with Crippen LogP contribution in [0.3, 0.4) is 0 Å². The molecule has 0 aromatic carbocycles. The van der Waals surface area contributed by atoms with Crippen molar-refractivity contribution in [2.45, 2.75) is 32.6 Å². The van der Waals surface area contributed by atoms with E-state index in [9.17, 15) is 4.79 Å². The third kappa shape index (κ3) is 3.02. The fourth-order valence-corrected chi connectivity index (χ4v) is 2.20. The topological polar surface area (TPSA) is 26.3 Å². The summed E-state index contributed by atoms with van der Waals surface area (Å²) in [5, 5.41) is 0. The number of hydrogen-bond acceptors (Lipinski definition) is 2. The summed E-state index contributed by atoms with van der Waals surface area (Å²) in [7, 11) is 0. The van der Waals surface area contributed by atoms with Gasteiger partial charge in [-0.05, 0) is 24.6 Å². The second-order valence-corrected chi connectivity index (χ2v) is 3.88. The van der Waals surface area contributed by atoms with Crippen molar-refractivity contribution in [2.75, 3.05) is 6.61 Å². The van der Waals surface area contributed by atoms with E-state index in [4.69, 9.17) is 4.74 Å². The molecule has 2 unspecified atom stereocenters. The standard InChI is InChI=1S/C11H15BrO2/c1-2-14-11(13)10-6-4-3-5-9(10)7-8-12/h9-10H,2-6H2,1H3. The molecule has 1 saturated carbocycles. The van der Waals surface area contributed by atoms with Crippen molar-refractivity contribution in [3.05, 3.63) is 0 Å². The quantitative estimate of drug-likeness (QED) is 0.563. The molecular formula is C11H15BrO2. The van der Waals surface area contributed by atoms with Crippen molar-refractivity contribution < 1.29 is 9.53 Å². The summed E-state index contributed by atoms with van der Waals surface area (Å²) in [6, 6.07) is 0. The predicted octanol–water partition coefficient (Wildman–Crippen LogP) is 2.71. The Morgan fingerprint density at radius 3 is 2.86 bits per heavy atom. The Balaban J connectivity index is 2.60. The van der Waals surface area contributed by atoms with Crippen molar-refractivity contribution in [2.24, 2.45) is 11.8 Å². The third-order valence-corrected chi connectivity index (χ3v) is 2.82. The highest BCUT2D eigenvalue weighted by molar-refractivity contribution is 9.12. The van der Waals surface area contributed by atoms with E-state index in [2.05, 4.69) is 26.7 Å². The van der Waals surface area contributed by atoms with E-state index in [0.717, 1.165) is 19.3 Å². The Morgan fingerprint density at radius 1 is 1.50 bits per heavy atom. The molecule has 0 aromatic rings. The lowest BCUT2D eigenvalue weighted by Crippen LogP contribution is -2.28. The molecule has 0 saturated heterocycles. The molecule has 1 aliphatic carbocycles. The fraction of sp³-hybridized carbons (Fsp3) is 0.727. The molecule has 3 heteroatoms. The molecule has 2 nitrogen and oxygen atoms in total. The van der Waals surface area contributed by atoms with Gasteiger partial charge in [0.1, 0.15) is 0 Å². The Morgan fingerprint density at radius 2 is 2.21 bits per heavy atom. The zero-order valence-corrected chi connectivity index (χ0v) is 9.97. The molecule has 0 aliphatic heterocycles. The Bertz CT molecular complexity index is 252. The number of rotatable bonds is 2. The minimum atomic E-state index is -0.0764. The lowest BCUT2D eigenvalue weighted by atomic mass is 9.80. The molecular weight excluding hydrogens is 244 g/mol. The van der Waals surface area contributed by atoms with Crippen molar-refractivity contribution in [3.63, 3.8) is 0 Å². The number of halogens is 1. The van der Waals surface area contributed by atoms with E-state index in [1.54, 1.807) is 0 Å². The zero-order chi connectivity index (χ0) is 10.4. The summed E-state index contributed by atoms with van der Waals surface area (Å²) < 4.78 is 5.04. The van der Waals surface area contributed by atoms with Gasteiger partial charge in [0, 0.05) is 21.8 Å². The van der Waals surface area contributed by atoms with Crippen molar-refractivity contribution in [3.8, 4) is 10.8 Å². The first-order valence-corrected chi connectivity index (χ1v) is 5.86. The van der Waals surface area contributed by atoms with Crippen LogP contribution < -0.4 is 0 Å². The van der Waals surface area contributed by atoms with Crippen LogP contribution >= 0.6 is 15.9 Å². The molecule has 0 N–H and O–H groups in total. The van der Waals surface area contributed by atoms with E-state index in [1.165, 1.54) is 6.42 Å². The number of carbonyl (C=O) groups is 1. The van der Waals surface area contributed by atoms with E-state index < -0.39 is 0 Å². The van der Waals surface area contributed by atoms with Gasteiger partial charge in [-0.2, -0.15) is 0 Å². The van der Waals surface area contributed by atoms with E-state index in [0.29, 0.717) is 6.61 Å². The first-order chi connectivity index (χ1) is 6.79.